The molecule has 1 aromatic carbocycles. The second-order valence-electron chi connectivity index (χ2n) is 6.31. The van der Waals surface area contributed by atoms with Crippen LogP contribution in [0, 0.1) is 6.92 Å². The molecule has 0 saturated carbocycles. The molecule has 0 aliphatic heterocycles. The largest absolute Gasteiger partial charge is 0.360 e. The SMILES string of the molecule is Cc1cc(NC(=O)CSCc2ccc(C(C)(C)C)cc2)no1. The van der Waals surface area contributed by atoms with Crippen LogP contribution in [0.25, 0.3) is 0 Å². The molecule has 0 fully saturated rings. The highest BCUT2D eigenvalue weighted by atomic mass is 32.2. The van der Waals surface area contributed by atoms with E-state index in [0.717, 1.165) is 5.75 Å². The van der Waals surface area contributed by atoms with E-state index < -0.39 is 0 Å². The molecule has 0 bridgehead atoms. The van der Waals surface area contributed by atoms with Crippen LogP contribution in [0.15, 0.2) is 34.9 Å². The second kappa shape index (κ2) is 7.01. The third-order valence-corrected chi connectivity index (χ3v) is 4.22. The number of thioether (sulfide) groups is 1. The van der Waals surface area contributed by atoms with Gasteiger partial charge in [0.25, 0.3) is 0 Å². The van der Waals surface area contributed by atoms with E-state index in [4.69, 9.17) is 4.52 Å². The van der Waals surface area contributed by atoms with E-state index >= 15 is 0 Å². The van der Waals surface area contributed by atoms with E-state index in [1.807, 2.05) is 0 Å². The normalized spacial score (nSPS) is 11.5. The first-order valence-corrected chi connectivity index (χ1v) is 8.40. The highest BCUT2D eigenvalue weighted by Crippen LogP contribution is 2.23. The number of benzene rings is 1. The average molecular weight is 318 g/mol. The molecule has 1 heterocycles. The Morgan fingerprint density at radius 3 is 2.50 bits per heavy atom. The predicted molar refractivity (Wildman–Crippen MR) is 91.2 cm³/mol. The molecule has 0 aliphatic carbocycles. The molecule has 0 aliphatic rings. The van der Waals surface area contributed by atoms with Gasteiger partial charge in [0.05, 0.1) is 5.75 Å². The summed E-state index contributed by atoms with van der Waals surface area (Å²) < 4.78 is 4.91. The Hall–Kier alpha value is -1.75. The Labute approximate surface area is 135 Å². The number of nitrogens with zero attached hydrogens (tertiary/aromatic N) is 1. The van der Waals surface area contributed by atoms with E-state index in [1.54, 1.807) is 24.8 Å². The standard InChI is InChI=1S/C17H22N2O2S/c1-12-9-15(19-21-12)18-16(20)11-22-10-13-5-7-14(8-6-13)17(2,3)4/h5-9H,10-11H2,1-4H3,(H,18,19,20). The zero-order chi connectivity index (χ0) is 16.2. The van der Waals surface area contributed by atoms with Crippen molar-refractivity contribution in [3.05, 3.63) is 47.2 Å². The smallest absolute Gasteiger partial charge is 0.235 e. The van der Waals surface area contributed by atoms with E-state index in [2.05, 4.69) is 55.5 Å². The van der Waals surface area contributed by atoms with Gasteiger partial charge < -0.3 is 9.84 Å². The van der Waals surface area contributed by atoms with Gasteiger partial charge in [0.1, 0.15) is 5.76 Å². The van der Waals surface area contributed by atoms with Crippen LogP contribution in [0.2, 0.25) is 0 Å². The van der Waals surface area contributed by atoms with Crippen molar-refractivity contribution in [1.29, 1.82) is 0 Å². The first kappa shape index (κ1) is 16.6. The van der Waals surface area contributed by atoms with Crippen molar-refractivity contribution in [2.24, 2.45) is 0 Å². The lowest BCUT2D eigenvalue weighted by Gasteiger charge is -2.19. The van der Waals surface area contributed by atoms with Crippen LogP contribution in [0.4, 0.5) is 5.82 Å². The molecule has 1 amide bonds. The summed E-state index contributed by atoms with van der Waals surface area (Å²) in [5, 5.41) is 6.45. The topological polar surface area (TPSA) is 55.1 Å². The Bertz CT molecular complexity index is 627. The number of carbonyl (C=O) groups excluding carboxylic acids is 1. The number of nitrogens with one attached hydrogen (secondary N) is 1. The lowest BCUT2D eigenvalue weighted by atomic mass is 9.87. The van der Waals surface area contributed by atoms with Crippen LogP contribution in [0.5, 0.6) is 0 Å². The molecule has 0 radical (unpaired) electrons. The van der Waals surface area contributed by atoms with Crippen molar-refractivity contribution in [3.8, 4) is 0 Å². The highest BCUT2D eigenvalue weighted by Gasteiger charge is 2.13. The molecule has 22 heavy (non-hydrogen) atoms. The first-order valence-electron chi connectivity index (χ1n) is 7.25. The molecule has 2 rings (SSSR count). The summed E-state index contributed by atoms with van der Waals surface area (Å²) in [6, 6.07) is 10.3. The number of aryl methyl sites for hydroxylation is 1. The van der Waals surface area contributed by atoms with Crippen molar-refractivity contribution in [1.82, 2.24) is 5.16 Å². The monoisotopic (exact) mass is 318 g/mol. The number of rotatable bonds is 5. The molecule has 0 unspecified atom stereocenters. The van der Waals surface area contributed by atoms with Gasteiger partial charge in [0.15, 0.2) is 5.82 Å². The fraction of sp³-hybridized carbons (Fsp3) is 0.412. The molecular weight excluding hydrogens is 296 g/mol. The molecule has 118 valence electrons. The van der Waals surface area contributed by atoms with Crippen LogP contribution in [0.3, 0.4) is 0 Å². The van der Waals surface area contributed by atoms with Gasteiger partial charge in [-0.3, -0.25) is 4.79 Å². The summed E-state index contributed by atoms with van der Waals surface area (Å²) in [5.74, 6) is 2.30. The molecule has 0 saturated heterocycles. The highest BCUT2D eigenvalue weighted by molar-refractivity contribution is 7.99. The minimum atomic E-state index is -0.0652. The third-order valence-electron chi connectivity index (χ3n) is 3.22. The van der Waals surface area contributed by atoms with Crippen molar-refractivity contribution < 1.29 is 9.32 Å². The molecule has 1 aromatic heterocycles. The summed E-state index contributed by atoms with van der Waals surface area (Å²) in [4.78, 5) is 11.8. The molecule has 4 nitrogen and oxygen atoms in total. The van der Waals surface area contributed by atoms with Crippen molar-refractivity contribution in [3.63, 3.8) is 0 Å². The van der Waals surface area contributed by atoms with Crippen molar-refractivity contribution >= 4 is 23.5 Å². The summed E-state index contributed by atoms with van der Waals surface area (Å²) in [7, 11) is 0. The summed E-state index contributed by atoms with van der Waals surface area (Å²) in [5.41, 5.74) is 2.71. The number of hydrogen-bond acceptors (Lipinski definition) is 4. The van der Waals surface area contributed by atoms with E-state index in [1.165, 1.54) is 11.1 Å². The number of amides is 1. The van der Waals surface area contributed by atoms with E-state index in [9.17, 15) is 4.79 Å². The molecule has 5 heteroatoms. The quantitative estimate of drug-likeness (QED) is 0.899. The zero-order valence-electron chi connectivity index (χ0n) is 13.5. The molecule has 0 spiro atoms. The zero-order valence-corrected chi connectivity index (χ0v) is 14.3. The summed E-state index contributed by atoms with van der Waals surface area (Å²) in [6.45, 7) is 8.39. The average Bonchev–Trinajstić information content (AvgIpc) is 2.83. The maximum absolute atomic E-state index is 11.8. The fourth-order valence-electron chi connectivity index (χ4n) is 1.97. The predicted octanol–water partition coefficient (Wildman–Crippen LogP) is 4.15. The van der Waals surface area contributed by atoms with Crippen molar-refractivity contribution in [2.45, 2.75) is 38.9 Å². The Morgan fingerprint density at radius 1 is 1.27 bits per heavy atom. The minimum absolute atomic E-state index is 0.0652. The number of anilines is 1. The van der Waals surface area contributed by atoms with E-state index in [0.29, 0.717) is 17.3 Å². The van der Waals surface area contributed by atoms with Gasteiger partial charge in [-0.15, -0.1) is 11.8 Å². The van der Waals surface area contributed by atoms with Gasteiger partial charge >= 0.3 is 0 Å². The van der Waals surface area contributed by atoms with Crippen LogP contribution in [0.1, 0.15) is 37.7 Å². The lowest BCUT2D eigenvalue weighted by molar-refractivity contribution is -0.113. The maximum Gasteiger partial charge on any atom is 0.235 e. The van der Waals surface area contributed by atoms with Crippen molar-refractivity contribution in [2.75, 3.05) is 11.1 Å². The Balaban J connectivity index is 1.77. The Morgan fingerprint density at radius 2 is 1.95 bits per heavy atom. The van der Waals surface area contributed by atoms with E-state index in [-0.39, 0.29) is 11.3 Å². The first-order chi connectivity index (χ1) is 10.3. The van der Waals surface area contributed by atoms with Crippen LogP contribution < -0.4 is 5.32 Å². The second-order valence-corrected chi connectivity index (χ2v) is 7.30. The molecule has 2 aromatic rings. The Kier molecular flexibility index (Phi) is 5.29. The van der Waals surface area contributed by atoms with Gasteiger partial charge in [-0.1, -0.05) is 50.2 Å². The number of carbonyl (C=O) groups is 1. The fourth-order valence-corrected chi connectivity index (χ4v) is 2.75. The van der Waals surface area contributed by atoms with Gasteiger partial charge in [-0.05, 0) is 23.5 Å². The number of aromatic nitrogens is 1. The molecule has 1 N–H and O–H groups in total. The minimum Gasteiger partial charge on any atom is -0.360 e. The van der Waals surface area contributed by atoms with Gasteiger partial charge in [-0.2, -0.15) is 0 Å². The lowest BCUT2D eigenvalue weighted by Crippen LogP contribution is -2.14. The third kappa shape index (κ3) is 4.91. The van der Waals surface area contributed by atoms with Gasteiger partial charge in [0, 0.05) is 11.8 Å². The van der Waals surface area contributed by atoms with Crippen LogP contribution in [-0.2, 0) is 16.0 Å². The summed E-state index contributed by atoms with van der Waals surface area (Å²) >= 11 is 1.58. The van der Waals surface area contributed by atoms with Crippen LogP contribution >= 0.6 is 11.8 Å². The summed E-state index contributed by atoms with van der Waals surface area (Å²) in [6.07, 6.45) is 0. The molecule has 0 atom stereocenters. The molecular formula is C17H22N2O2S. The van der Waals surface area contributed by atoms with Crippen LogP contribution in [-0.4, -0.2) is 16.8 Å². The van der Waals surface area contributed by atoms with Gasteiger partial charge in [-0.25, -0.2) is 0 Å². The van der Waals surface area contributed by atoms with Gasteiger partial charge in [0.2, 0.25) is 5.91 Å². The maximum atomic E-state index is 11.8. The number of hydrogen-bond donors (Lipinski definition) is 1.